The van der Waals surface area contributed by atoms with Crippen molar-refractivity contribution < 1.29 is 14.3 Å². The third kappa shape index (κ3) is 4.51. The first kappa shape index (κ1) is 13.0. The molecule has 0 atom stereocenters. The van der Waals surface area contributed by atoms with E-state index >= 15 is 0 Å². The van der Waals surface area contributed by atoms with Gasteiger partial charge < -0.3 is 10.1 Å². The SMILES string of the molecule is C=CCOC(=O)c1ccc(CNC(C)=O)cc1. The molecule has 1 amide bonds. The zero-order chi connectivity index (χ0) is 12.7. The molecule has 17 heavy (non-hydrogen) atoms. The van der Waals surface area contributed by atoms with Gasteiger partial charge in [0.1, 0.15) is 6.61 Å². The molecule has 0 spiro atoms. The van der Waals surface area contributed by atoms with Gasteiger partial charge in [-0.2, -0.15) is 0 Å². The number of nitrogens with one attached hydrogen (secondary N) is 1. The van der Waals surface area contributed by atoms with Crippen LogP contribution in [0, 0.1) is 0 Å². The van der Waals surface area contributed by atoms with Crippen LogP contribution in [0.2, 0.25) is 0 Å². The molecule has 0 aliphatic carbocycles. The van der Waals surface area contributed by atoms with E-state index < -0.39 is 0 Å². The number of benzene rings is 1. The first-order valence-corrected chi connectivity index (χ1v) is 5.25. The van der Waals surface area contributed by atoms with Gasteiger partial charge in [0, 0.05) is 13.5 Å². The summed E-state index contributed by atoms with van der Waals surface area (Å²) >= 11 is 0. The zero-order valence-corrected chi connectivity index (χ0v) is 9.73. The Hall–Kier alpha value is -2.10. The summed E-state index contributed by atoms with van der Waals surface area (Å²) in [5, 5.41) is 2.68. The lowest BCUT2D eigenvalue weighted by Gasteiger charge is -2.04. The standard InChI is InChI=1S/C13H15NO3/c1-3-8-17-13(16)12-6-4-11(5-7-12)9-14-10(2)15/h3-7H,1,8-9H2,2H3,(H,14,15). The van der Waals surface area contributed by atoms with E-state index in [1.54, 1.807) is 24.3 Å². The Balaban J connectivity index is 2.57. The number of rotatable bonds is 5. The molecule has 4 nitrogen and oxygen atoms in total. The second-order valence-electron chi connectivity index (χ2n) is 3.49. The molecule has 0 aliphatic heterocycles. The van der Waals surface area contributed by atoms with E-state index in [0.29, 0.717) is 12.1 Å². The highest BCUT2D eigenvalue weighted by atomic mass is 16.5. The van der Waals surface area contributed by atoms with E-state index in [-0.39, 0.29) is 18.5 Å². The molecule has 0 bridgehead atoms. The summed E-state index contributed by atoms with van der Waals surface area (Å²) in [5.41, 5.74) is 1.42. The fourth-order valence-electron chi connectivity index (χ4n) is 1.20. The molecule has 0 saturated carbocycles. The number of esters is 1. The molecule has 1 aromatic rings. The van der Waals surface area contributed by atoms with Crippen molar-refractivity contribution in [3.8, 4) is 0 Å². The Kier molecular flexibility index (Phi) is 4.94. The van der Waals surface area contributed by atoms with Gasteiger partial charge in [0.2, 0.25) is 5.91 Å². The molecule has 1 N–H and O–H groups in total. The van der Waals surface area contributed by atoms with Crippen molar-refractivity contribution >= 4 is 11.9 Å². The van der Waals surface area contributed by atoms with Crippen molar-refractivity contribution in [2.75, 3.05) is 6.61 Å². The average molecular weight is 233 g/mol. The molecule has 0 saturated heterocycles. The third-order valence-corrected chi connectivity index (χ3v) is 2.06. The maximum absolute atomic E-state index is 11.4. The predicted octanol–water partition coefficient (Wildman–Crippen LogP) is 1.67. The minimum absolute atomic E-state index is 0.0838. The summed E-state index contributed by atoms with van der Waals surface area (Å²) in [6.45, 7) is 5.58. The first-order valence-electron chi connectivity index (χ1n) is 5.25. The van der Waals surface area contributed by atoms with E-state index in [1.807, 2.05) is 0 Å². The van der Waals surface area contributed by atoms with Gasteiger partial charge in [-0.05, 0) is 17.7 Å². The third-order valence-electron chi connectivity index (χ3n) is 2.06. The molecule has 1 rings (SSSR count). The zero-order valence-electron chi connectivity index (χ0n) is 9.73. The van der Waals surface area contributed by atoms with Crippen LogP contribution in [0.25, 0.3) is 0 Å². The van der Waals surface area contributed by atoms with Gasteiger partial charge in [-0.3, -0.25) is 4.79 Å². The van der Waals surface area contributed by atoms with Gasteiger partial charge in [0.25, 0.3) is 0 Å². The Morgan fingerprint density at radius 3 is 2.53 bits per heavy atom. The lowest BCUT2D eigenvalue weighted by atomic mass is 10.1. The monoisotopic (exact) mass is 233 g/mol. The number of ether oxygens (including phenoxy) is 1. The number of hydrogen-bond donors (Lipinski definition) is 1. The molecule has 0 aliphatic rings. The molecule has 90 valence electrons. The summed E-state index contributed by atoms with van der Waals surface area (Å²) in [6, 6.07) is 6.89. The Morgan fingerprint density at radius 1 is 1.35 bits per heavy atom. The van der Waals surface area contributed by atoms with Crippen LogP contribution in [0.1, 0.15) is 22.8 Å². The first-order chi connectivity index (χ1) is 8.13. The van der Waals surface area contributed by atoms with Crippen LogP contribution >= 0.6 is 0 Å². The van der Waals surface area contributed by atoms with Crippen molar-refractivity contribution in [2.24, 2.45) is 0 Å². The maximum Gasteiger partial charge on any atom is 0.338 e. The number of carbonyl (C=O) groups is 2. The van der Waals surface area contributed by atoms with Gasteiger partial charge in [-0.15, -0.1) is 0 Å². The molecule has 4 heteroatoms. The summed E-state index contributed by atoms with van der Waals surface area (Å²) in [6.07, 6.45) is 1.52. The normalized spacial score (nSPS) is 9.47. The van der Waals surface area contributed by atoms with E-state index in [0.717, 1.165) is 5.56 Å². The molecule has 0 heterocycles. The minimum Gasteiger partial charge on any atom is -0.458 e. The summed E-state index contributed by atoms with van der Waals surface area (Å²) < 4.78 is 4.89. The van der Waals surface area contributed by atoms with Crippen LogP contribution in [0.5, 0.6) is 0 Å². The summed E-state index contributed by atoms with van der Waals surface area (Å²) in [5.74, 6) is -0.463. The molecule has 0 aromatic heterocycles. The maximum atomic E-state index is 11.4. The van der Waals surface area contributed by atoms with Crippen molar-refractivity contribution in [2.45, 2.75) is 13.5 Å². The van der Waals surface area contributed by atoms with Crippen molar-refractivity contribution in [1.29, 1.82) is 0 Å². The lowest BCUT2D eigenvalue weighted by Crippen LogP contribution is -2.18. The Labute approximate surface area is 100 Å². The van der Waals surface area contributed by atoms with Crippen LogP contribution in [0.3, 0.4) is 0 Å². The minimum atomic E-state index is -0.379. The van der Waals surface area contributed by atoms with Crippen LogP contribution in [-0.2, 0) is 16.1 Å². The van der Waals surface area contributed by atoms with Crippen LogP contribution in [0.4, 0.5) is 0 Å². The highest BCUT2D eigenvalue weighted by molar-refractivity contribution is 5.89. The topological polar surface area (TPSA) is 55.4 Å². The number of hydrogen-bond acceptors (Lipinski definition) is 3. The smallest absolute Gasteiger partial charge is 0.338 e. The highest BCUT2D eigenvalue weighted by Gasteiger charge is 2.05. The average Bonchev–Trinajstić information content (AvgIpc) is 2.34. The van der Waals surface area contributed by atoms with E-state index in [9.17, 15) is 9.59 Å². The summed E-state index contributed by atoms with van der Waals surface area (Å²) in [4.78, 5) is 22.2. The highest BCUT2D eigenvalue weighted by Crippen LogP contribution is 2.06. The van der Waals surface area contributed by atoms with Gasteiger partial charge in [-0.25, -0.2) is 4.79 Å². The van der Waals surface area contributed by atoms with Crippen molar-refractivity contribution in [3.05, 3.63) is 48.0 Å². The van der Waals surface area contributed by atoms with E-state index in [2.05, 4.69) is 11.9 Å². The Bertz CT molecular complexity index is 409. The van der Waals surface area contributed by atoms with Crippen molar-refractivity contribution in [1.82, 2.24) is 5.32 Å². The van der Waals surface area contributed by atoms with Crippen LogP contribution in [0.15, 0.2) is 36.9 Å². The quantitative estimate of drug-likeness (QED) is 0.621. The molecule has 1 aromatic carbocycles. The second kappa shape index (κ2) is 6.48. The second-order valence-corrected chi connectivity index (χ2v) is 3.49. The fraction of sp³-hybridized carbons (Fsp3) is 0.231. The van der Waals surface area contributed by atoms with Crippen molar-refractivity contribution in [3.63, 3.8) is 0 Å². The predicted molar refractivity (Wildman–Crippen MR) is 64.4 cm³/mol. The van der Waals surface area contributed by atoms with Gasteiger partial charge in [0.05, 0.1) is 5.56 Å². The molecular weight excluding hydrogens is 218 g/mol. The molecular formula is C13H15NO3. The fourth-order valence-corrected chi connectivity index (χ4v) is 1.20. The lowest BCUT2D eigenvalue weighted by molar-refractivity contribution is -0.119. The van der Waals surface area contributed by atoms with Crippen LogP contribution < -0.4 is 5.32 Å². The number of carbonyl (C=O) groups excluding carboxylic acids is 2. The Morgan fingerprint density at radius 2 is 2.00 bits per heavy atom. The van der Waals surface area contributed by atoms with Gasteiger partial charge >= 0.3 is 5.97 Å². The van der Waals surface area contributed by atoms with Gasteiger partial charge in [-0.1, -0.05) is 24.8 Å². The van der Waals surface area contributed by atoms with E-state index in [1.165, 1.54) is 13.0 Å². The summed E-state index contributed by atoms with van der Waals surface area (Å²) in [7, 11) is 0. The largest absolute Gasteiger partial charge is 0.458 e. The number of amides is 1. The molecule has 0 fully saturated rings. The van der Waals surface area contributed by atoms with Gasteiger partial charge in [0.15, 0.2) is 0 Å². The molecule has 0 radical (unpaired) electrons. The van der Waals surface area contributed by atoms with E-state index in [4.69, 9.17) is 4.74 Å². The van der Waals surface area contributed by atoms with Crippen LogP contribution in [-0.4, -0.2) is 18.5 Å². The molecule has 0 unspecified atom stereocenters.